The largest absolute Gasteiger partial charge is 0.493 e. The molecule has 4 nitrogen and oxygen atoms in total. The molecule has 0 saturated heterocycles. The van der Waals surface area contributed by atoms with E-state index in [4.69, 9.17) is 4.74 Å². The molecular weight excluding hydrogens is 203 g/mol. The van der Waals surface area contributed by atoms with Gasteiger partial charge in [-0.25, -0.2) is 14.0 Å². The van der Waals surface area contributed by atoms with Gasteiger partial charge in [-0.15, -0.1) is 0 Å². The second-order valence-electron chi connectivity index (χ2n) is 3.14. The van der Waals surface area contributed by atoms with Gasteiger partial charge >= 0.3 is 11.9 Å². The maximum Gasteiger partial charge on any atom is 0.350 e. The van der Waals surface area contributed by atoms with Crippen LogP contribution in [0.2, 0.25) is 0 Å². The maximum absolute atomic E-state index is 13.5. The van der Waals surface area contributed by atoms with Crippen molar-refractivity contribution in [2.24, 2.45) is 0 Å². The minimum atomic E-state index is -0.870. The molecule has 0 spiro atoms. The molecule has 1 aliphatic rings. The number of carbonyl (C=O) groups excluding carboxylic acids is 2. The molecule has 1 aliphatic heterocycles. The molecule has 0 bridgehead atoms. The number of carbonyl (C=O) groups is 2. The molecule has 1 heterocycles. The number of halogens is 1. The molecule has 0 amide bonds. The fourth-order valence-corrected chi connectivity index (χ4v) is 1.51. The average molecular weight is 210 g/mol. The van der Waals surface area contributed by atoms with E-state index >= 15 is 0 Å². The second kappa shape index (κ2) is 3.05. The lowest BCUT2D eigenvalue weighted by atomic mass is 10.0. The van der Waals surface area contributed by atoms with Crippen LogP contribution in [0.5, 0.6) is 5.75 Å². The molecule has 78 valence electrons. The van der Waals surface area contributed by atoms with Crippen molar-refractivity contribution in [1.82, 2.24) is 0 Å². The molecule has 0 fully saturated rings. The normalized spacial score (nSPS) is 13.8. The molecule has 0 aliphatic carbocycles. The van der Waals surface area contributed by atoms with Gasteiger partial charge < -0.3 is 9.47 Å². The summed E-state index contributed by atoms with van der Waals surface area (Å²) in [6.45, 7) is 1.48. The third kappa shape index (κ3) is 1.20. The number of esters is 2. The maximum atomic E-state index is 13.5. The highest BCUT2D eigenvalue weighted by atomic mass is 19.1. The van der Waals surface area contributed by atoms with Gasteiger partial charge in [0.15, 0.2) is 11.6 Å². The topological polar surface area (TPSA) is 52.6 Å². The zero-order valence-corrected chi connectivity index (χ0v) is 8.09. The van der Waals surface area contributed by atoms with E-state index in [1.54, 1.807) is 0 Å². The van der Waals surface area contributed by atoms with Crippen molar-refractivity contribution < 1.29 is 23.5 Å². The van der Waals surface area contributed by atoms with Gasteiger partial charge in [0.25, 0.3) is 0 Å². The molecule has 5 heteroatoms. The Hall–Kier alpha value is -1.91. The van der Waals surface area contributed by atoms with Crippen LogP contribution in [-0.4, -0.2) is 19.0 Å². The van der Waals surface area contributed by atoms with Crippen molar-refractivity contribution >= 4 is 11.9 Å². The van der Waals surface area contributed by atoms with Crippen LogP contribution in [0, 0.1) is 12.7 Å². The summed E-state index contributed by atoms with van der Waals surface area (Å²) in [6, 6.07) is 1.28. The minimum Gasteiger partial charge on any atom is -0.493 e. The van der Waals surface area contributed by atoms with Crippen LogP contribution >= 0.6 is 0 Å². The van der Waals surface area contributed by atoms with Crippen molar-refractivity contribution in [3.63, 3.8) is 0 Å². The molecule has 0 saturated carbocycles. The highest BCUT2D eigenvalue weighted by Gasteiger charge is 2.35. The average Bonchev–Trinajstić information content (AvgIpc) is 2.45. The van der Waals surface area contributed by atoms with E-state index in [0.717, 1.165) is 0 Å². The standard InChI is InChI=1S/C10H7FO4/c1-4-3-5-6(8(14-2)7(4)11)10(13)15-9(5)12/h3H,1-2H3. The number of hydrogen-bond donors (Lipinski definition) is 0. The van der Waals surface area contributed by atoms with Crippen LogP contribution in [0.25, 0.3) is 0 Å². The summed E-state index contributed by atoms with van der Waals surface area (Å²) in [5, 5.41) is 0. The van der Waals surface area contributed by atoms with Crippen LogP contribution < -0.4 is 4.74 Å². The molecule has 1 aromatic carbocycles. The van der Waals surface area contributed by atoms with E-state index in [9.17, 15) is 14.0 Å². The Morgan fingerprint density at radius 1 is 1.33 bits per heavy atom. The van der Waals surface area contributed by atoms with Gasteiger partial charge in [0.2, 0.25) is 0 Å². The number of hydrogen-bond acceptors (Lipinski definition) is 4. The Kier molecular flexibility index (Phi) is 1.96. The van der Waals surface area contributed by atoms with E-state index in [1.165, 1.54) is 20.1 Å². The van der Waals surface area contributed by atoms with Crippen molar-refractivity contribution in [3.8, 4) is 5.75 Å². The van der Waals surface area contributed by atoms with E-state index in [1.807, 2.05) is 0 Å². The Morgan fingerprint density at radius 3 is 2.60 bits per heavy atom. The fourth-order valence-electron chi connectivity index (χ4n) is 1.51. The predicted molar refractivity (Wildman–Crippen MR) is 47.4 cm³/mol. The Balaban J connectivity index is 2.81. The number of aryl methyl sites for hydroxylation is 1. The summed E-state index contributed by atoms with van der Waals surface area (Å²) in [5.41, 5.74) is 0.151. The third-order valence-corrected chi connectivity index (χ3v) is 2.22. The molecule has 0 unspecified atom stereocenters. The molecule has 0 atom stereocenters. The molecule has 15 heavy (non-hydrogen) atoms. The number of cyclic esters (lactones) is 2. The summed E-state index contributed by atoms with van der Waals surface area (Å²) < 4.78 is 22.6. The first-order valence-corrected chi connectivity index (χ1v) is 4.20. The number of rotatable bonds is 1. The van der Waals surface area contributed by atoms with Gasteiger partial charge in [-0.1, -0.05) is 0 Å². The summed E-state index contributed by atoms with van der Waals surface area (Å²) in [7, 11) is 1.23. The molecule has 0 aromatic heterocycles. The number of benzene rings is 1. The third-order valence-electron chi connectivity index (χ3n) is 2.22. The van der Waals surface area contributed by atoms with Gasteiger partial charge in [0.1, 0.15) is 5.56 Å². The smallest absolute Gasteiger partial charge is 0.350 e. The van der Waals surface area contributed by atoms with Crippen LogP contribution in [0.4, 0.5) is 4.39 Å². The number of methoxy groups -OCH3 is 1. The quantitative estimate of drug-likeness (QED) is 0.520. The van der Waals surface area contributed by atoms with Crippen LogP contribution in [0.1, 0.15) is 26.3 Å². The monoisotopic (exact) mass is 210 g/mol. The van der Waals surface area contributed by atoms with Crippen molar-refractivity contribution in [2.45, 2.75) is 6.92 Å². The molecule has 0 radical (unpaired) electrons. The lowest BCUT2D eigenvalue weighted by Gasteiger charge is -2.06. The van der Waals surface area contributed by atoms with Gasteiger partial charge in [-0.05, 0) is 18.6 Å². The van der Waals surface area contributed by atoms with Gasteiger partial charge in [0.05, 0.1) is 12.7 Å². The first-order chi connectivity index (χ1) is 7.06. The predicted octanol–water partition coefficient (Wildman–Crippen LogP) is 1.45. The fraction of sp³-hybridized carbons (Fsp3) is 0.200. The number of ether oxygens (including phenoxy) is 2. The Labute approximate surface area is 84.6 Å². The molecular formula is C10H7FO4. The van der Waals surface area contributed by atoms with Crippen LogP contribution in [0.3, 0.4) is 0 Å². The first kappa shape index (κ1) is 9.64. The van der Waals surface area contributed by atoms with E-state index in [2.05, 4.69) is 4.74 Å². The summed E-state index contributed by atoms with van der Waals surface area (Å²) >= 11 is 0. The van der Waals surface area contributed by atoms with Gasteiger partial charge in [-0.3, -0.25) is 0 Å². The van der Waals surface area contributed by atoms with Crippen LogP contribution in [-0.2, 0) is 4.74 Å². The highest BCUT2D eigenvalue weighted by molar-refractivity contribution is 6.16. The van der Waals surface area contributed by atoms with Gasteiger partial charge in [-0.2, -0.15) is 0 Å². The lowest BCUT2D eigenvalue weighted by molar-refractivity contribution is 0.0442. The van der Waals surface area contributed by atoms with Crippen molar-refractivity contribution in [2.75, 3.05) is 7.11 Å². The summed E-state index contributed by atoms with van der Waals surface area (Å²) in [5.74, 6) is -2.52. The zero-order chi connectivity index (χ0) is 11.2. The van der Waals surface area contributed by atoms with Crippen molar-refractivity contribution in [3.05, 3.63) is 28.6 Å². The summed E-state index contributed by atoms with van der Waals surface area (Å²) in [6.07, 6.45) is 0. The Morgan fingerprint density at radius 2 is 2.00 bits per heavy atom. The lowest BCUT2D eigenvalue weighted by Crippen LogP contribution is -2.02. The minimum absolute atomic E-state index is 0.0516. The molecule has 0 N–H and O–H groups in total. The number of fused-ring (bicyclic) bond motifs is 1. The molecule has 1 aromatic rings. The SMILES string of the molecule is COc1c(F)c(C)cc2c1C(=O)OC2=O. The first-order valence-electron chi connectivity index (χ1n) is 4.20. The van der Waals surface area contributed by atoms with E-state index < -0.39 is 17.8 Å². The molecule has 2 rings (SSSR count). The van der Waals surface area contributed by atoms with Crippen LogP contribution in [0.15, 0.2) is 6.07 Å². The van der Waals surface area contributed by atoms with Gasteiger partial charge in [0, 0.05) is 0 Å². The summed E-state index contributed by atoms with van der Waals surface area (Å²) in [4.78, 5) is 22.4. The Bertz CT molecular complexity index is 479. The second-order valence-corrected chi connectivity index (χ2v) is 3.14. The van der Waals surface area contributed by atoms with E-state index in [-0.39, 0.29) is 22.4 Å². The highest BCUT2D eigenvalue weighted by Crippen LogP contribution is 2.33. The van der Waals surface area contributed by atoms with Crippen molar-refractivity contribution in [1.29, 1.82) is 0 Å². The van der Waals surface area contributed by atoms with E-state index in [0.29, 0.717) is 0 Å². The zero-order valence-electron chi connectivity index (χ0n) is 8.09.